The quantitative estimate of drug-likeness (QED) is 0.218. The Hall–Kier alpha value is -2.36. The maximum absolute atomic E-state index is 12.7. The lowest BCUT2D eigenvalue weighted by Gasteiger charge is -2.27. The molecule has 2 amide bonds. The number of aliphatic hydroxyl groups is 2. The number of nitrogens with one attached hydrogen (secondary N) is 4. The van der Waals surface area contributed by atoms with E-state index in [1.807, 2.05) is 0 Å². The second-order valence-corrected chi connectivity index (χ2v) is 7.44. The largest absolute Gasteiger partial charge is 0.394 e. The van der Waals surface area contributed by atoms with Gasteiger partial charge in [0.05, 0.1) is 6.61 Å². The van der Waals surface area contributed by atoms with Gasteiger partial charge >= 0.3 is 0 Å². The highest BCUT2D eigenvalue weighted by Crippen LogP contribution is 2.17. The molecule has 9 nitrogen and oxygen atoms in total. The average molecular weight is 442 g/mol. The van der Waals surface area contributed by atoms with Crippen molar-refractivity contribution in [2.75, 3.05) is 11.9 Å². The summed E-state index contributed by atoms with van der Waals surface area (Å²) in [6, 6.07) is 4.65. The van der Waals surface area contributed by atoms with Crippen molar-refractivity contribution >= 4 is 35.7 Å². The van der Waals surface area contributed by atoms with Crippen molar-refractivity contribution in [2.45, 2.75) is 63.3 Å². The monoisotopic (exact) mass is 441 g/mol. The van der Waals surface area contributed by atoms with Crippen LogP contribution in [0.25, 0.3) is 0 Å². The molecule has 0 aliphatic heterocycles. The molecular formula is C20H32ClN5O4. The van der Waals surface area contributed by atoms with Gasteiger partial charge in [-0.15, -0.1) is 12.4 Å². The zero-order chi connectivity index (χ0) is 21.4. The number of amidine groups is 1. The number of rotatable bonds is 9. The number of aliphatic hydroxyl groups excluding tert-OH is 2. The Bertz CT molecular complexity index is 727. The van der Waals surface area contributed by atoms with Crippen molar-refractivity contribution in [1.29, 1.82) is 5.41 Å². The van der Waals surface area contributed by atoms with Crippen LogP contribution >= 0.6 is 12.4 Å². The van der Waals surface area contributed by atoms with Crippen LogP contribution in [0.5, 0.6) is 0 Å². The molecule has 2 rings (SSSR count). The summed E-state index contributed by atoms with van der Waals surface area (Å²) in [6.07, 6.45) is 3.83. The van der Waals surface area contributed by atoms with E-state index in [1.54, 1.807) is 31.2 Å². The molecule has 1 aromatic rings. The van der Waals surface area contributed by atoms with Crippen LogP contribution in [0.15, 0.2) is 24.3 Å². The number of hydrogen-bond donors (Lipinski definition) is 7. The minimum Gasteiger partial charge on any atom is -0.394 e. The normalized spacial score (nSPS) is 17.0. The molecule has 168 valence electrons. The van der Waals surface area contributed by atoms with E-state index >= 15 is 0 Å². The van der Waals surface area contributed by atoms with E-state index in [1.165, 1.54) is 6.42 Å². The van der Waals surface area contributed by atoms with E-state index in [0.29, 0.717) is 11.3 Å². The number of carbonyl (C=O) groups excluding carboxylic acids is 2. The average Bonchev–Trinajstić information content (AvgIpc) is 2.72. The Labute approximate surface area is 182 Å². The molecule has 1 aromatic carbocycles. The standard InChI is InChI=1S/C20H31N5O4.ClH/c1-12(19(28)25-14-7-3-2-4-8-14)23-20(29)17(16(27)11-26)24-15-9-5-6-13(10-15)18(21)22;/h5-6,9-10,12,14,16-17,24,26-27H,2-4,7-8,11H2,1H3,(H3,21,22)(H,23,29)(H,25,28);1H. The van der Waals surface area contributed by atoms with Crippen LogP contribution in [-0.2, 0) is 9.59 Å². The Morgan fingerprint density at radius 2 is 1.90 bits per heavy atom. The van der Waals surface area contributed by atoms with Crippen molar-refractivity contribution in [3.63, 3.8) is 0 Å². The second kappa shape index (κ2) is 12.4. The number of carbonyl (C=O) groups is 2. The topological polar surface area (TPSA) is 161 Å². The molecule has 1 aliphatic rings. The van der Waals surface area contributed by atoms with Gasteiger partial charge in [-0.2, -0.15) is 0 Å². The summed E-state index contributed by atoms with van der Waals surface area (Å²) in [4.78, 5) is 25.1. The molecule has 1 saturated carbocycles. The zero-order valence-corrected chi connectivity index (χ0v) is 17.9. The van der Waals surface area contributed by atoms with Crippen LogP contribution in [0.2, 0.25) is 0 Å². The third kappa shape index (κ3) is 7.47. The zero-order valence-electron chi connectivity index (χ0n) is 17.1. The molecule has 3 atom stereocenters. The molecule has 10 heteroatoms. The summed E-state index contributed by atoms with van der Waals surface area (Å²) in [5.41, 5.74) is 6.38. The molecule has 0 aromatic heterocycles. The number of benzene rings is 1. The number of hydrogen-bond acceptors (Lipinski definition) is 6. The Balaban J connectivity index is 0.00000450. The number of anilines is 1. The first-order valence-electron chi connectivity index (χ1n) is 9.92. The van der Waals surface area contributed by atoms with Crippen LogP contribution in [0.3, 0.4) is 0 Å². The summed E-state index contributed by atoms with van der Waals surface area (Å²) in [5.74, 6) is -1.03. The fraction of sp³-hybridized carbons (Fsp3) is 0.550. The SMILES string of the molecule is CC(NC(=O)C(Nc1cccc(C(=N)N)c1)C(O)CO)C(=O)NC1CCCCC1.Cl. The summed E-state index contributed by atoms with van der Waals surface area (Å²) >= 11 is 0. The van der Waals surface area contributed by atoms with Crippen LogP contribution in [0, 0.1) is 5.41 Å². The van der Waals surface area contributed by atoms with Gasteiger partial charge in [0.15, 0.2) is 0 Å². The molecule has 1 aliphatic carbocycles. The first kappa shape index (κ1) is 25.7. The van der Waals surface area contributed by atoms with Crippen molar-refractivity contribution in [3.8, 4) is 0 Å². The lowest BCUT2D eigenvalue weighted by Crippen LogP contribution is -2.55. The maximum atomic E-state index is 12.7. The van der Waals surface area contributed by atoms with Gasteiger partial charge in [0.2, 0.25) is 11.8 Å². The van der Waals surface area contributed by atoms with Gasteiger partial charge in [-0.1, -0.05) is 31.4 Å². The molecule has 0 radical (unpaired) electrons. The summed E-state index contributed by atoms with van der Waals surface area (Å²) in [5, 5.41) is 35.3. The smallest absolute Gasteiger partial charge is 0.245 e. The highest BCUT2D eigenvalue weighted by Gasteiger charge is 2.29. The lowest BCUT2D eigenvalue weighted by molar-refractivity contribution is -0.131. The predicted molar refractivity (Wildman–Crippen MR) is 118 cm³/mol. The number of nitrogen functional groups attached to an aromatic ring is 1. The third-order valence-electron chi connectivity index (χ3n) is 5.05. The van der Waals surface area contributed by atoms with E-state index in [9.17, 15) is 19.8 Å². The first-order valence-corrected chi connectivity index (χ1v) is 9.92. The Morgan fingerprint density at radius 1 is 1.23 bits per heavy atom. The molecule has 8 N–H and O–H groups in total. The maximum Gasteiger partial charge on any atom is 0.245 e. The summed E-state index contributed by atoms with van der Waals surface area (Å²) in [7, 11) is 0. The second-order valence-electron chi connectivity index (χ2n) is 7.44. The lowest BCUT2D eigenvalue weighted by atomic mass is 9.95. The predicted octanol–water partition coefficient (Wildman–Crippen LogP) is 0.480. The van der Waals surface area contributed by atoms with Gasteiger partial charge in [0.1, 0.15) is 24.0 Å². The van der Waals surface area contributed by atoms with Gasteiger partial charge in [-0.25, -0.2) is 0 Å². The van der Waals surface area contributed by atoms with Crippen LogP contribution < -0.4 is 21.7 Å². The van der Waals surface area contributed by atoms with Crippen molar-refractivity contribution in [1.82, 2.24) is 10.6 Å². The molecule has 3 unspecified atom stereocenters. The molecule has 1 fully saturated rings. The Kier molecular flexibility index (Phi) is 10.6. The van der Waals surface area contributed by atoms with E-state index in [0.717, 1.165) is 25.7 Å². The van der Waals surface area contributed by atoms with Gasteiger partial charge in [0.25, 0.3) is 0 Å². The molecule has 30 heavy (non-hydrogen) atoms. The van der Waals surface area contributed by atoms with Gasteiger partial charge < -0.3 is 31.9 Å². The highest BCUT2D eigenvalue weighted by atomic mass is 35.5. The molecule has 0 saturated heterocycles. The third-order valence-corrected chi connectivity index (χ3v) is 5.05. The molecule has 0 bridgehead atoms. The fourth-order valence-corrected chi connectivity index (χ4v) is 3.34. The molecular weight excluding hydrogens is 410 g/mol. The van der Waals surface area contributed by atoms with Crippen LogP contribution in [-0.4, -0.2) is 58.7 Å². The Morgan fingerprint density at radius 3 is 2.50 bits per heavy atom. The van der Waals surface area contributed by atoms with E-state index in [4.69, 9.17) is 11.1 Å². The van der Waals surface area contributed by atoms with Crippen LogP contribution in [0.4, 0.5) is 5.69 Å². The van der Waals surface area contributed by atoms with Crippen molar-refractivity contribution in [3.05, 3.63) is 29.8 Å². The minimum atomic E-state index is -1.38. The van der Waals surface area contributed by atoms with Crippen molar-refractivity contribution < 1.29 is 19.8 Å². The van der Waals surface area contributed by atoms with Gasteiger partial charge in [0, 0.05) is 17.3 Å². The molecule has 0 spiro atoms. The van der Waals surface area contributed by atoms with Crippen LogP contribution in [0.1, 0.15) is 44.6 Å². The van der Waals surface area contributed by atoms with Crippen molar-refractivity contribution in [2.24, 2.45) is 5.73 Å². The summed E-state index contributed by atoms with van der Waals surface area (Å²) in [6.45, 7) is 0.939. The summed E-state index contributed by atoms with van der Waals surface area (Å²) < 4.78 is 0. The fourth-order valence-electron chi connectivity index (χ4n) is 3.34. The van der Waals surface area contributed by atoms with Gasteiger partial charge in [-0.3, -0.25) is 15.0 Å². The first-order chi connectivity index (χ1) is 13.8. The molecule has 0 heterocycles. The van der Waals surface area contributed by atoms with E-state index < -0.39 is 30.7 Å². The van der Waals surface area contributed by atoms with Gasteiger partial charge in [-0.05, 0) is 31.9 Å². The number of halogens is 1. The van der Waals surface area contributed by atoms with E-state index in [2.05, 4.69) is 16.0 Å². The highest BCUT2D eigenvalue weighted by molar-refractivity contribution is 5.96. The minimum absolute atomic E-state index is 0. The van der Waals surface area contributed by atoms with E-state index in [-0.39, 0.29) is 30.2 Å². The number of nitrogens with two attached hydrogens (primary N) is 1. The number of amides is 2.